The summed E-state index contributed by atoms with van der Waals surface area (Å²) < 4.78 is 0. The maximum Gasteiger partial charge on any atom is 0.224 e. The van der Waals surface area contributed by atoms with Gasteiger partial charge in [-0.05, 0) is 43.4 Å². The molecule has 126 valence electrons. The zero-order valence-corrected chi connectivity index (χ0v) is 13.8. The minimum absolute atomic E-state index is 0.0298. The number of nitrogens with one attached hydrogen (secondary N) is 2. The first-order valence-corrected chi connectivity index (χ1v) is 8.50. The maximum atomic E-state index is 12.2. The summed E-state index contributed by atoms with van der Waals surface area (Å²) in [5.41, 5.74) is 7.74. The minimum atomic E-state index is 0.0298. The van der Waals surface area contributed by atoms with Gasteiger partial charge in [0.05, 0.1) is 0 Å². The van der Waals surface area contributed by atoms with E-state index >= 15 is 0 Å². The van der Waals surface area contributed by atoms with Crippen molar-refractivity contribution < 1.29 is 9.59 Å². The van der Waals surface area contributed by atoms with Gasteiger partial charge < -0.3 is 16.4 Å². The first-order valence-electron chi connectivity index (χ1n) is 8.50. The van der Waals surface area contributed by atoms with Crippen molar-refractivity contribution in [3.8, 4) is 0 Å². The molecule has 2 atom stereocenters. The standard InChI is InChI=1S/C18H27N3O2/c1-2-4-17(22)21-16-9-7-13(8-10-16)12-20-18(23)14-5-3-6-15(19)11-14/h7-10,14-15H,2-6,11-12,19H2,1H3,(H,20,23)(H,21,22). The van der Waals surface area contributed by atoms with E-state index in [0.717, 1.165) is 43.4 Å². The molecule has 0 aliphatic heterocycles. The Morgan fingerprint density at radius 2 is 1.96 bits per heavy atom. The summed E-state index contributed by atoms with van der Waals surface area (Å²) in [7, 11) is 0. The predicted molar refractivity (Wildman–Crippen MR) is 91.8 cm³/mol. The van der Waals surface area contributed by atoms with Gasteiger partial charge in [0.15, 0.2) is 0 Å². The monoisotopic (exact) mass is 317 g/mol. The zero-order valence-electron chi connectivity index (χ0n) is 13.8. The molecule has 23 heavy (non-hydrogen) atoms. The van der Waals surface area contributed by atoms with E-state index in [2.05, 4.69) is 10.6 Å². The highest BCUT2D eigenvalue weighted by molar-refractivity contribution is 5.90. The van der Waals surface area contributed by atoms with Crippen LogP contribution in [0.1, 0.15) is 51.0 Å². The first-order chi connectivity index (χ1) is 11.1. The van der Waals surface area contributed by atoms with E-state index in [1.807, 2.05) is 31.2 Å². The van der Waals surface area contributed by atoms with Crippen LogP contribution in [0.2, 0.25) is 0 Å². The molecule has 0 radical (unpaired) electrons. The summed E-state index contributed by atoms with van der Waals surface area (Å²) in [6.07, 6.45) is 5.14. The molecule has 0 heterocycles. The number of hydrogen-bond donors (Lipinski definition) is 3. The van der Waals surface area contributed by atoms with Crippen molar-refractivity contribution in [3.63, 3.8) is 0 Å². The number of rotatable bonds is 6. The molecule has 2 rings (SSSR count). The minimum Gasteiger partial charge on any atom is -0.352 e. The lowest BCUT2D eigenvalue weighted by atomic mass is 9.85. The number of nitrogens with two attached hydrogens (primary N) is 1. The van der Waals surface area contributed by atoms with E-state index in [9.17, 15) is 9.59 Å². The lowest BCUT2D eigenvalue weighted by Crippen LogP contribution is -2.37. The fourth-order valence-electron chi connectivity index (χ4n) is 2.96. The van der Waals surface area contributed by atoms with Crippen LogP contribution >= 0.6 is 0 Å². The van der Waals surface area contributed by atoms with E-state index in [-0.39, 0.29) is 23.8 Å². The molecule has 1 saturated carbocycles. The topological polar surface area (TPSA) is 84.2 Å². The molecule has 1 fully saturated rings. The number of amides is 2. The molecular formula is C18H27N3O2. The van der Waals surface area contributed by atoms with Gasteiger partial charge in [-0.1, -0.05) is 25.5 Å². The molecule has 0 spiro atoms. The number of anilines is 1. The largest absolute Gasteiger partial charge is 0.352 e. The van der Waals surface area contributed by atoms with Crippen LogP contribution < -0.4 is 16.4 Å². The molecule has 1 aromatic carbocycles. The van der Waals surface area contributed by atoms with E-state index < -0.39 is 0 Å². The van der Waals surface area contributed by atoms with Crippen LogP contribution in [0.4, 0.5) is 5.69 Å². The van der Waals surface area contributed by atoms with Crippen LogP contribution in [0.3, 0.4) is 0 Å². The van der Waals surface area contributed by atoms with Crippen molar-refractivity contribution in [2.75, 3.05) is 5.32 Å². The van der Waals surface area contributed by atoms with Crippen molar-refractivity contribution in [1.82, 2.24) is 5.32 Å². The average Bonchev–Trinajstić information content (AvgIpc) is 2.54. The van der Waals surface area contributed by atoms with E-state index in [4.69, 9.17) is 5.73 Å². The number of carbonyl (C=O) groups is 2. The van der Waals surface area contributed by atoms with Crippen molar-refractivity contribution in [3.05, 3.63) is 29.8 Å². The Kier molecular flexibility index (Phi) is 6.59. The second-order valence-electron chi connectivity index (χ2n) is 6.34. The van der Waals surface area contributed by atoms with Gasteiger partial charge in [-0.25, -0.2) is 0 Å². The van der Waals surface area contributed by atoms with Crippen LogP contribution in [0.25, 0.3) is 0 Å². The van der Waals surface area contributed by atoms with E-state index in [1.165, 1.54) is 0 Å². The molecule has 1 aliphatic carbocycles. The zero-order chi connectivity index (χ0) is 16.7. The van der Waals surface area contributed by atoms with Crippen LogP contribution in [0.15, 0.2) is 24.3 Å². The fourth-order valence-corrected chi connectivity index (χ4v) is 2.96. The average molecular weight is 317 g/mol. The number of benzene rings is 1. The summed E-state index contributed by atoms with van der Waals surface area (Å²) in [5.74, 6) is 0.175. The molecule has 1 aliphatic rings. The molecule has 0 saturated heterocycles. The van der Waals surface area contributed by atoms with Crippen molar-refractivity contribution in [1.29, 1.82) is 0 Å². The molecule has 5 nitrogen and oxygen atoms in total. The summed E-state index contributed by atoms with van der Waals surface area (Å²) in [6.45, 7) is 2.48. The van der Waals surface area contributed by atoms with Crippen LogP contribution in [0.5, 0.6) is 0 Å². The summed E-state index contributed by atoms with van der Waals surface area (Å²) >= 11 is 0. The predicted octanol–water partition coefficient (Wildman–Crippen LogP) is 2.56. The van der Waals surface area contributed by atoms with Gasteiger partial charge in [0.25, 0.3) is 0 Å². The third kappa shape index (κ3) is 5.67. The van der Waals surface area contributed by atoms with E-state index in [1.54, 1.807) is 0 Å². The van der Waals surface area contributed by atoms with Gasteiger partial charge >= 0.3 is 0 Å². The van der Waals surface area contributed by atoms with Crippen molar-refractivity contribution in [2.24, 2.45) is 11.7 Å². The molecule has 5 heteroatoms. The Morgan fingerprint density at radius 1 is 1.22 bits per heavy atom. The summed E-state index contributed by atoms with van der Waals surface area (Å²) in [4.78, 5) is 23.7. The Labute approximate surface area is 138 Å². The smallest absolute Gasteiger partial charge is 0.224 e. The molecule has 0 aromatic heterocycles. The lowest BCUT2D eigenvalue weighted by Gasteiger charge is -2.25. The molecule has 4 N–H and O–H groups in total. The normalized spacial score (nSPS) is 20.8. The Hall–Kier alpha value is -1.88. The van der Waals surface area contributed by atoms with Gasteiger partial charge in [-0.2, -0.15) is 0 Å². The Balaban J connectivity index is 1.79. The first kappa shape index (κ1) is 17.5. The van der Waals surface area contributed by atoms with Crippen LogP contribution in [-0.4, -0.2) is 17.9 Å². The lowest BCUT2D eigenvalue weighted by molar-refractivity contribution is -0.126. The van der Waals surface area contributed by atoms with Crippen LogP contribution in [-0.2, 0) is 16.1 Å². The second-order valence-corrected chi connectivity index (χ2v) is 6.34. The quantitative estimate of drug-likeness (QED) is 0.754. The maximum absolute atomic E-state index is 12.2. The van der Waals surface area contributed by atoms with Gasteiger partial charge in [-0.3, -0.25) is 9.59 Å². The number of hydrogen-bond acceptors (Lipinski definition) is 3. The van der Waals surface area contributed by atoms with Crippen LogP contribution in [0, 0.1) is 5.92 Å². The highest BCUT2D eigenvalue weighted by Gasteiger charge is 2.24. The fraction of sp³-hybridized carbons (Fsp3) is 0.556. The molecule has 2 unspecified atom stereocenters. The van der Waals surface area contributed by atoms with E-state index in [0.29, 0.717) is 13.0 Å². The molecule has 1 aromatic rings. The Morgan fingerprint density at radius 3 is 2.61 bits per heavy atom. The van der Waals surface area contributed by atoms with Crippen molar-refractivity contribution >= 4 is 17.5 Å². The number of carbonyl (C=O) groups excluding carboxylic acids is 2. The van der Waals surface area contributed by atoms with Gasteiger partial charge in [-0.15, -0.1) is 0 Å². The molecular weight excluding hydrogens is 290 g/mol. The Bertz CT molecular complexity index is 528. The van der Waals surface area contributed by atoms with Gasteiger partial charge in [0.2, 0.25) is 11.8 Å². The molecule has 0 bridgehead atoms. The summed E-state index contributed by atoms with van der Waals surface area (Å²) in [6, 6.07) is 7.74. The van der Waals surface area contributed by atoms with Gasteiger partial charge in [0, 0.05) is 30.6 Å². The summed E-state index contributed by atoms with van der Waals surface area (Å²) in [5, 5.41) is 5.84. The third-order valence-corrected chi connectivity index (χ3v) is 4.27. The van der Waals surface area contributed by atoms with Gasteiger partial charge in [0.1, 0.15) is 0 Å². The molecule has 2 amide bonds. The highest BCUT2D eigenvalue weighted by atomic mass is 16.2. The SMILES string of the molecule is CCCC(=O)Nc1ccc(CNC(=O)C2CCCC(N)C2)cc1. The van der Waals surface area contributed by atoms with Crippen molar-refractivity contribution in [2.45, 2.75) is 58.0 Å². The second kappa shape index (κ2) is 8.67. The third-order valence-electron chi connectivity index (χ3n) is 4.27. The highest BCUT2D eigenvalue weighted by Crippen LogP contribution is 2.23.